The van der Waals surface area contributed by atoms with Gasteiger partial charge in [0.2, 0.25) is 0 Å². The molecule has 0 spiro atoms. The van der Waals surface area contributed by atoms with Crippen molar-refractivity contribution in [1.29, 1.82) is 0 Å². The number of hydrogen-bond donors (Lipinski definition) is 0. The van der Waals surface area contributed by atoms with Gasteiger partial charge in [-0.1, -0.05) is 30.9 Å². The van der Waals surface area contributed by atoms with Gasteiger partial charge in [0, 0.05) is 13.5 Å². The van der Waals surface area contributed by atoms with E-state index in [1.54, 1.807) is 28.4 Å². The zero-order valence-electron chi connectivity index (χ0n) is 12.6. The van der Waals surface area contributed by atoms with E-state index in [4.69, 9.17) is 0 Å². The van der Waals surface area contributed by atoms with Crippen molar-refractivity contribution < 1.29 is 0 Å². The number of aromatic nitrogens is 4. The van der Waals surface area contributed by atoms with Crippen LogP contribution < -0.4 is 5.69 Å². The molecule has 0 fully saturated rings. The Morgan fingerprint density at radius 3 is 2.73 bits per heavy atom. The maximum atomic E-state index is 12.6. The summed E-state index contributed by atoms with van der Waals surface area (Å²) >= 11 is 0. The summed E-state index contributed by atoms with van der Waals surface area (Å²) in [6.07, 6.45) is 3.40. The fourth-order valence-corrected chi connectivity index (χ4v) is 2.37. The fourth-order valence-electron chi connectivity index (χ4n) is 2.37. The number of fused-ring (bicyclic) bond motifs is 1. The lowest BCUT2D eigenvalue weighted by Gasteiger charge is -2.03. The molecular weight excluding hydrogens is 276 g/mol. The van der Waals surface area contributed by atoms with Crippen LogP contribution in [0.5, 0.6) is 0 Å². The van der Waals surface area contributed by atoms with Crippen LogP contribution in [0.1, 0.15) is 25.3 Å². The van der Waals surface area contributed by atoms with Crippen molar-refractivity contribution in [3.05, 3.63) is 52.6 Å². The molecule has 0 atom stereocenters. The predicted molar refractivity (Wildman–Crippen MR) is 85.9 cm³/mol. The van der Waals surface area contributed by atoms with Crippen molar-refractivity contribution in [3.63, 3.8) is 0 Å². The van der Waals surface area contributed by atoms with Crippen LogP contribution in [0.3, 0.4) is 0 Å². The summed E-state index contributed by atoms with van der Waals surface area (Å²) in [6.45, 7) is 2.08. The number of nitrogens with zero attached hydrogens (tertiary/aromatic N) is 4. The largest absolute Gasteiger partial charge is 0.334 e. The van der Waals surface area contributed by atoms with E-state index in [9.17, 15) is 4.79 Å². The molecular formula is C17H16N4O. The molecule has 5 heteroatoms. The normalized spacial score (nSPS) is 10.5. The highest BCUT2D eigenvalue weighted by Crippen LogP contribution is 2.17. The van der Waals surface area contributed by atoms with E-state index in [-0.39, 0.29) is 5.69 Å². The van der Waals surface area contributed by atoms with Gasteiger partial charge < -0.3 is 0 Å². The lowest BCUT2D eigenvalue weighted by atomic mass is 10.2. The first-order valence-corrected chi connectivity index (χ1v) is 7.21. The minimum Gasteiger partial charge on any atom is -0.295 e. The zero-order valence-corrected chi connectivity index (χ0v) is 12.6. The number of imidazole rings is 1. The molecule has 0 unspecified atom stereocenters. The topological polar surface area (TPSA) is 52.7 Å². The number of para-hydroxylation sites is 2. The molecule has 0 N–H and O–H groups in total. The van der Waals surface area contributed by atoms with Gasteiger partial charge in [0.15, 0.2) is 5.82 Å². The highest BCUT2D eigenvalue weighted by Gasteiger charge is 2.15. The highest BCUT2D eigenvalue weighted by atomic mass is 16.1. The Morgan fingerprint density at radius 1 is 1.18 bits per heavy atom. The molecule has 3 rings (SSSR count). The second-order valence-electron chi connectivity index (χ2n) is 4.99. The van der Waals surface area contributed by atoms with Crippen LogP contribution in [-0.2, 0) is 7.05 Å². The van der Waals surface area contributed by atoms with Crippen LogP contribution in [0, 0.1) is 11.8 Å². The Kier molecular flexibility index (Phi) is 3.75. The van der Waals surface area contributed by atoms with Gasteiger partial charge in [-0.2, -0.15) is 5.10 Å². The van der Waals surface area contributed by atoms with Gasteiger partial charge in [-0.3, -0.25) is 4.57 Å². The van der Waals surface area contributed by atoms with Gasteiger partial charge in [0.1, 0.15) is 0 Å². The predicted octanol–water partition coefficient (Wildman–Crippen LogP) is 2.27. The van der Waals surface area contributed by atoms with Crippen LogP contribution in [0.25, 0.3) is 16.9 Å². The molecule has 0 aliphatic rings. The van der Waals surface area contributed by atoms with Crippen LogP contribution in [0.15, 0.2) is 41.3 Å². The van der Waals surface area contributed by atoms with Gasteiger partial charge in [-0.25, -0.2) is 9.36 Å². The molecule has 0 saturated carbocycles. The molecule has 2 heterocycles. The molecule has 0 bridgehead atoms. The maximum absolute atomic E-state index is 12.6. The van der Waals surface area contributed by atoms with E-state index < -0.39 is 0 Å². The molecule has 0 aliphatic heterocycles. The maximum Gasteiger partial charge on any atom is 0.334 e. The fraction of sp³-hybridized carbons (Fsp3) is 0.235. The second-order valence-corrected chi connectivity index (χ2v) is 4.99. The lowest BCUT2D eigenvalue weighted by molar-refractivity contribution is 0.817. The molecule has 110 valence electrons. The van der Waals surface area contributed by atoms with Gasteiger partial charge in [0.25, 0.3) is 0 Å². The first kappa shape index (κ1) is 14.1. The summed E-state index contributed by atoms with van der Waals surface area (Å²) in [5.41, 5.74) is 2.21. The Bertz CT molecular complexity index is 940. The first-order valence-electron chi connectivity index (χ1n) is 7.21. The summed E-state index contributed by atoms with van der Waals surface area (Å²) in [5, 5.41) is 8.07. The van der Waals surface area contributed by atoms with Crippen molar-refractivity contribution in [2.45, 2.75) is 19.8 Å². The van der Waals surface area contributed by atoms with Crippen molar-refractivity contribution in [2.24, 2.45) is 7.05 Å². The average Bonchev–Trinajstić information content (AvgIpc) is 2.80. The minimum absolute atomic E-state index is 0.153. The zero-order chi connectivity index (χ0) is 15.5. The molecule has 1 aromatic carbocycles. The smallest absolute Gasteiger partial charge is 0.295 e. The van der Waals surface area contributed by atoms with E-state index in [0.29, 0.717) is 11.4 Å². The second kappa shape index (κ2) is 5.86. The van der Waals surface area contributed by atoms with Crippen molar-refractivity contribution in [1.82, 2.24) is 19.3 Å². The van der Waals surface area contributed by atoms with Crippen molar-refractivity contribution in [3.8, 4) is 17.7 Å². The number of benzene rings is 1. The van der Waals surface area contributed by atoms with E-state index in [2.05, 4.69) is 29.0 Å². The standard InChI is InChI=1S/C17H16N4O/c1-3-4-5-8-13-11-12-18-19-16(13)21-15-10-7-6-9-14(15)20(2)17(21)22/h6-7,9-12H,3-4H2,1-2H3. The molecule has 22 heavy (non-hydrogen) atoms. The molecule has 3 aromatic rings. The summed E-state index contributed by atoms with van der Waals surface area (Å²) < 4.78 is 3.17. The molecule has 0 radical (unpaired) electrons. The van der Waals surface area contributed by atoms with E-state index >= 15 is 0 Å². The average molecular weight is 292 g/mol. The Morgan fingerprint density at radius 2 is 1.95 bits per heavy atom. The van der Waals surface area contributed by atoms with Gasteiger partial charge in [-0.05, 0) is 24.6 Å². The number of rotatable bonds is 2. The number of unbranched alkanes of at least 4 members (excludes halogenated alkanes) is 1. The van der Waals surface area contributed by atoms with Crippen molar-refractivity contribution in [2.75, 3.05) is 0 Å². The van der Waals surface area contributed by atoms with Crippen LogP contribution in [0.4, 0.5) is 0 Å². The summed E-state index contributed by atoms with van der Waals surface area (Å²) in [7, 11) is 1.75. The lowest BCUT2D eigenvalue weighted by Crippen LogP contribution is -2.22. The van der Waals surface area contributed by atoms with E-state index in [1.807, 2.05) is 24.3 Å². The number of aryl methyl sites for hydroxylation is 1. The molecule has 0 amide bonds. The monoisotopic (exact) mass is 292 g/mol. The highest BCUT2D eigenvalue weighted by molar-refractivity contribution is 5.78. The quantitative estimate of drug-likeness (QED) is 0.681. The van der Waals surface area contributed by atoms with Crippen LogP contribution >= 0.6 is 0 Å². The summed E-state index contributed by atoms with van der Waals surface area (Å²) in [6, 6.07) is 9.40. The molecule has 5 nitrogen and oxygen atoms in total. The van der Waals surface area contributed by atoms with E-state index in [0.717, 1.165) is 23.9 Å². The Labute approximate surface area is 128 Å². The first-order chi connectivity index (χ1) is 10.7. The SMILES string of the molecule is CCCC#Cc1ccnnc1-n1c(=O)n(C)c2ccccc21. The van der Waals surface area contributed by atoms with Gasteiger partial charge >= 0.3 is 5.69 Å². The third-order valence-corrected chi connectivity index (χ3v) is 3.47. The molecule has 0 aliphatic carbocycles. The third-order valence-electron chi connectivity index (χ3n) is 3.47. The van der Waals surface area contributed by atoms with Crippen molar-refractivity contribution >= 4 is 11.0 Å². The van der Waals surface area contributed by atoms with Crippen LogP contribution in [0.2, 0.25) is 0 Å². The summed E-state index contributed by atoms with van der Waals surface area (Å²) in [4.78, 5) is 12.6. The van der Waals surface area contributed by atoms with Gasteiger partial charge in [-0.15, -0.1) is 5.10 Å². The van der Waals surface area contributed by atoms with Gasteiger partial charge in [0.05, 0.1) is 22.8 Å². The molecule has 2 aromatic heterocycles. The van der Waals surface area contributed by atoms with Crippen LogP contribution in [-0.4, -0.2) is 19.3 Å². The van der Waals surface area contributed by atoms with E-state index in [1.165, 1.54) is 0 Å². The Balaban J connectivity index is 2.28. The Hall–Kier alpha value is -2.87. The third kappa shape index (κ3) is 2.29. The summed E-state index contributed by atoms with van der Waals surface area (Å²) in [5.74, 6) is 6.67. The number of hydrogen-bond acceptors (Lipinski definition) is 3. The minimum atomic E-state index is -0.153. The molecule has 0 saturated heterocycles.